The van der Waals surface area contributed by atoms with Gasteiger partial charge in [-0.15, -0.1) is 0 Å². The fraction of sp³-hybridized carbons (Fsp3) is 0.500. The van der Waals surface area contributed by atoms with Crippen molar-refractivity contribution in [3.05, 3.63) is 39.9 Å². The van der Waals surface area contributed by atoms with Crippen LogP contribution in [0.2, 0.25) is 0 Å². The first-order chi connectivity index (χ1) is 11.0. The number of Topliss-reactive ketones (excluding diaryl/α,β-unsaturated/α-hetero) is 1. The summed E-state index contributed by atoms with van der Waals surface area (Å²) in [5, 5.41) is 10.6. The van der Waals surface area contributed by atoms with Gasteiger partial charge in [0.05, 0.1) is 18.0 Å². The molecule has 1 aliphatic rings. The van der Waals surface area contributed by atoms with Crippen LogP contribution in [-0.2, 0) is 9.53 Å². The average Bonchev–Trinajstić information content (AvgIpc) is 2.55. The van der Waals surface area contributed by atoms with Crippen LogP contribution in [0.3, 0.4) is 0 Å². The molecule has 1 heterocycles. The molecular formula is C16H19NO5S. The van der Waals surface area contributed by atoms with Crippen LogP contribution in [0.15, 0.2) is 24.3 Å². The number of non-ortho nitro benzene ring substituents is 1. The molecule has 1 aliphatic heterocycles. The van der Waals surface area contributed by atoms with Crippen LogP contribution in [0.1, 0.15) is 36.5 Å². The molecule has 0 saturated carbocycles. The minimum atomic E-state index is -0.492. The second-order valence-corrected chi connectivity index (χ2v) is 6.68. The van der Waals surface area contributed by atoms with Gasteiger partial charge in [0.25, 0.3) is 5.69 Å². The van der Waals surface area contributed by atoms with Crippen molar-refractivity contribution >= 4 is 29.2 Å². The molecule has 7 heteroatoms. The SMILES string of the molecule is CCOC(=O)C[C@@H]1SCCC[C@H]1C(=O)c1ccc([N+](=O)[O-])cc1. The molecule has 0 radical (unpaired) electrons. The number of rotatable bonds is 6. The standard InChI is InChI=1S/C16H19NO5S/c1-2-22-15(18)10-14-13(4-3-9-23-14)16(19)11-5-7-12(8-6-11)17(20)21/h5-8,13-14H,2-4,9-10H2,1H3/t13-,14+/m1/s1. The molecule has 0 aromatic heterocycles. The number of nitro benzene ring substituents is 1. The van der Waals surface area contributed by atoms with Crippen LogP contribution < -0.4 is 0 Å². The molecule has 1 saturated heterocycles. The maximum atomic E-state index is 12.7. The number of hydrogen-bond donors (Lipinski definition) is 0. The predicted octanol–water partition coefficient (Wildman–Crippen LogP) is 3.24. The van der Waals surface area contributed by atoms with E-state index in [1.807, 2.05) is 0 Å². The highest BCUT2D eigenvalue weighted by Gasteiger charge is 2.33. The average molecular weight is 337 g/mol. The monoisotopic (exact) mass is 337 g/mol. The molecule has 1 fully saturated rings. The Kier molecular flexibility index (Phi) is 6.15. The lowest BCUT2D eigenvalue weighted by Crippen LogP contribution is -2.32. The molecule has 1 aromatic rings. The van der Waals surface area contributed by atoms with E-state index in [0.29, 0.717) is 12.2 Å². The topological polar surface area (TPSA) is 86.5 Å². The van der Waals surface area contributed by atoms with E-state index < -0.39 is 4.92 Å². The van der Waals surface area contributed by atoms with E-state index in [1.165, 1.54) is 24.3 Å². The van der Waals surface area contributed by atoms with Gasteiger partial charge in [-0.3, -0.25) is 19.7 Å². The third kappa shape index (κ3) is 4.54. The molecule has 23 heavy (non-hydrogen) atoms. The lowest BCUT2D eigenvalue weighted by Gasteiger charge is -2.29. The molecule has 0 bridgehead atoms. The molecule has 2 atom stereocenters. The summed E-state index contributed by atoms with van der Waals surface area (Å²) in [6.07, 6.45) is 1.88. The highest BCUT2D eigenvalue weighted by atomic mass is 32.2. The van der Waals surface area contributed by atoms with Gasteiger partial charge in [-0.1, -0.05) is 0 Å². The van der Waals surface area contributed by atoms with E-state index >= 15 is 0 Å². The first kappa shape index (κ1) is 17.5. The number of hydrogen-bond acceptors (Lipinski definition) is 6. The molecule has 0 spiro atoms. The van der Waals surface area contributed by atoms with Crippen molar-refractivity contribution in [1.82, 2.24) is 0 Å². The number of carbonyl (C=O) groups is 2. The van der Waals surface area contributed by atoms with Gasteiger partial charge in [0.15, 0.2) is 5.78 Å². The lowest BCUT2D eigenvalue weighted by molar-refractivity contribution is -0.384. The van der Waals surface area contributed by atoms with Crippen LogP contribution in [0, 0.1) is 16.0 Å². The minimum Gasteiger partial charge on any atom is -0.466 e. The van der Waals surface area contributed by atoms with Gasteiger partial charge >= 0.3 is 5.97 Å². The van der Waals surface area contributed by atoms with Gasteiger partial charge in [-0.05, 0) is 37.7 Å². The third-order valence-electron chi connectivity index (χ3n) is 3.81. The summed E-state index contributed by atoms with van der Waals surface area (Å²) in [4.78, 5) is 34.6. The van der Waals surface area contributed by atoms with Crippen molar-refractivity contribution < 1.29 is 19.2 Å². The largest absolute Gasteiger partial charge is 0.466 e. The Balaban J connectivity index is 2.11. The fourth-order valence-corrected chi connectivity index (χ4v) is 4.07. The Morgan fingerprint density at radius 1 is 1.35 bits per heavy atom. The predicted molar refractivity (Wildman–Crippen MR) is 87.6 cm³/mol. The van der Waals surface area contributed by atoms with Crippen LogP contribution in [0.25, 0.3) is 0 Å². The molecule has 0 amide bonds. The van der Waals surface area contributed by atoms with Crippen molar-refractivity contribution in [2.45, 2.75) is 31.4 Å². The Bertz CT molecular complexity index is 587. The maximum absolute atomic E-state index is 12.7. The van der Waals surface area contributed by atoms with Gasteiger partial charge in [0, 0.05) is 28.9 Å². The van der Waals surface area contributed by atoms with Gasteiger partial charge in [-0.2, -0.15) is 11.8 Å². The van der Waals surface area contributed by atoms with E-state index in [0.717, 1.165) is 18.6 Å². The minimum absolute atomic E-state index is 0.0392. The molecule has 2 rings (SSSR count). The summed E-state index contributed by atoms with van der Waals surface area (Å²) in [5.41, 5.74) is 0.416. The zero-order chi connectivity index (χ0) is 16.8. The number of nitro groups is 1. The van der Waals surface area contributed by atoms with E-state index in [4.69, 9.17) is 4.74 Å². The van der Waals surface area contributed by atoms with Crippen molar-refractivity contribution in [3.63, 3.8) is 0 Å². The Morgan fingerprint density at radius 2 is 2.04 bits per heavy atom. The fourth-order valence-electron chi connectivity index (χ4n) is 2.69. The first-order valence-electron chi connectivity index (χ1n) is 7.58. The van der Waals surface area contributed by atoms with Crippen molar-refractivity contribution in [2.75, 3.05) is 12.4 Å². The molecule has 6 nitrogen and oxygen atoms in total. The summed E-state index contributed by atoms with van der Waals surface area (Å²) < 4.78 is 4.98. The number of carbonyl (C=O) groups excluding carboxylic acids is 2. The second-order valence-electron chi connectivity index (χ2n) is 5.34. The number of nitrogens with zero attached hydrogens (tertiary/aromatic N) is 1. The van der Waals surface area contributed by atoms with Gasteiger partial charge < -0.3 is 4.74 Å². The third-order valence-corrected chi connectivity index (χ3v) is 5.26. The summed E-state index contributed by atoms with van der Waals surface area (Å²) >= 11 is 1.63. The van der Waals surface area contributed by atoms with Crippen LogP contribution in [-0.4, -0.2) is 34.3 Å². The van der Waals surface area contributed by atoms with Crippen molar-refractivity contribution in [1.29, 1.82) is 0 Å². The Morgan fingerprint density at radius 3 is 2.65 bits per heavy atom. The van der Waals surface area contributed by atoms with Crippen LogP contribution in [0.5, 0.6) is 0 Å². The molecule has 1 aromatic carbocycles. The van der Waals surface area contributed by atoms with Crippen molar-refractivity contribution in [3.8, 4) is 0 Å². The smallest absolute Gasteiger partial charge is 0.306 e. The van der Waals surface area contributed by atoms with Crippen LogP contribution in [0.4, 0.5) is 5.69 Å². The highest BCUT2D eigenvalue weighted by Crippen LogP contribution is 2.35. The van der Waals surface area contributed by atoms with E-state index in [2.05, 4.69) is 0 Å². The molecule has 124 valence electrons. The molecule has 0 aliphatic carbocycles. The molecule has 0 N–H and O–H groups in total. The van der Waals surface area contributed by atoms with Gasteiger partial charge in [0.1, 0.15) is 0 Å². The quantitative estimate of drug-likeness (QED) is 0.343. The van der Waals surface area contributed by atoms with Gasteiger partial charge in [0.2, 0.25) is 0 Å². The van der Waals surface area contributed by atoms with Crippen molar-refractivity contribution in [2.24, 2.45) is 5.92 Å². The van der Waals surface area contributed by atoms with E-state index in [1.54, 1.807) is 18.7 Å². The zero-order valence-electron chi connectivity index (χ0n) is 12.9. The number of ether oxygens (including phenoxy) is 1. The molecular weight excluding hydrogens is 318 g/mol. The second kappa shape index (κ2) is 8.10. The Labute approximate surface area is 138 Å². The maximum Gasteiger partial charge on any atom is 0.306 e. The number of esters is 1. The lowest BCUT2D eigenvalue weighted by atomic mass is 9.88. The van der Waals surface area contributed by atoms with E-state index in [9.17, 15) is 19.7 Å². The molecule has 0 unspecified atom stereocenters. The highest BCUT2D eigenvalue weighted by molar-refractivity contribution is 8.00. The van der Waals surface area contributed by atoms with E-state index in [-0.39, 0.29) is 35.0 Å². The summed E-state index contributed by atoms with van der Waals surface area (Å²) in [6.45, 7) is 2.09. The normalized spacial score (nSPS) is 20.7. The Hall–Kier alpha value is -1.89. The first-order valence-corrected chi connectivity index (χ1v) is 8.63. The zero-order valence-corrected chi connectivity index (χ0v) is 13.7. The summed E-state index contributed by atoms with van der Waals surface area (Å²) in [7, 11) is 0. The number of benzene rings is 1. The number of ketones is 1. The summed E-state index contributed by atoms with van der Waals surface area (Å²) in [6, 6.07) is 5.65. The summed E-state index contributed by atoms with van der Waals surface area (Å²) in [5.74, 6) is 0.336. The number of thioether (sulfide) groups is 1. The van der Waals surface area contributed by atoms with Gasteiger partial charge in [-0.25, -0.2) is 0 Å². The van der Waals surface area contributed by atoms with Crippen LogP contribution >= 0.6 is 11.8 Å².